The van der Waals surface area contributed by atoms with Gasteiger partial charge in [-0.1, -0.05) is 0 Å². The molecule has 0 atom stereocenters. The Morgan fingerprint density at radius 3 is 2.57 bits per heavy atom. The maximum atomic E-state index is 12.9. The van der Waals surface area contributed by atoms with Gasteiger partial charge in [0, 0.05) is 56.4 Å². The standard InChI is InChI=1S/C19H23N5O4S2/c25-17-14-24(10-6-20-17)30(27,28)16-4-2-15(3-5-16)18(26)22-8-1-9-23(12-11-22)19-21-7-13-29-19/h2-5,7,13H,1,6,8-12,14H2,(H,20,25). The number of aromatic nitrogens is 1. The van der Waals surface area contributed by atoms with Crippen LogP contribution in [-0.4, -0.2) is 80.2 Å². The zero-order chi connectivity index (χ0) is 21.1. The van der Waals surface area contributed by atoms with Gasteiger partial charge in [0.05, 0.1) is 11.4 Å². The van der Waals surface area contributed by atoms with Gasteiger partial charge in [-0.05, 0) is 30.7 Å². The van der Waals surface area contributed by atoms with E-state index in [1.807, 2.05) is 5.38 Å². The topological polar surface area (TPSA) is 103 Å². The fourth-order valence-corrected chi connectivity index (χ4v) is 5.70. The molecule has 0 radical (unpaired) electrons. The van der Waals surface area contributed by atoms with Gasteiger partial charge in [-0.25, -0.2) is 13.4 Å². The molecule has 4 rings (SSSR count). The SMILES string of the molecule is O=C1CN(S(=O)(=O)c2ccc(C(=O)N3CCCN(c4nccs4)CC3)cc2)CCN1. The van der Waals surface area contributed by atoms with Crippen molar-refractivity contribution in [2.24, 2.45) is 0 Å². The van der Waals surface area contributed by atoms with E-state index in [0.29, 0.717) is 31.7 Å². The molecule has 3 heterocycles. The lowest BCUT2D eigenvalue weighted by atomic mass is 10.2. The first-order valence-corrected chi connectivity index (χ1v) is 12.1. The summed E-state index contributed by atoms with van der Waals surface area (Å²) in [6.45, 7) is 3.12. The number of sulfonamides is 1. The highest BCUT2D eigenvalue weighted by molar-refractivity contribution is 7.89. The van der Waals surface area contributed by atoms with E-state index in [1.165, 1.54) is 12.1 Å². The van der Waals surface area contributed by atoms with E-state index in [2.05, 4.69) is 15.2 Å². The minimum atomic E-state index is -3.77. The number of anilines is 1. The third kappa shape index (κ3) is 4.32. The van der Waals surface area contributed by atoms with Crippen LogP contribution < -0.4 is 10.2 Å². The molecule has 1 N–H and O–H groups in total. The Morgan fingerprint density at radius 2 is 1.87 bits per heavy atom. The predicted molar refractivity (Wildman–Crippen MR) is 113 cm³/mol. The molecule has 11 heteroatoms. The molecular formula is C19H23N5O4S2. The molecule has 0 saturated carbocycles. The highest BCUT2D eigenvalue weighted by Gasteiger charge is 2.29. The monoisotopic (exact) mass is 449 g/mol. The second kappa shape index (κ2) is 8.70. The van der Waals surface area contributed by atoms with E-state index in [4.69, 9.17) is 0 Å². The van der Waals surface area contributed by atoms with Gasteiger partial charge >= 0.3 is 0 Å². The van der Waals surface area contributed by atoms with Crippen LogP contribution in [0, 0.1) is 0 Å². The van der Waals surface area contributed by atoms with Crippen LogP contribution in [-0.2, 0) is 14.8 Å². The fourth-order valence-electron chi connectivity index (χ4n) is 3.61. The smallest absolute Gasteiger partial charge is 0.253 e. The molecule has 2 aromatic rings. The third-order valence-corrected chi connectivity index (χ3v) is 7.91. The average molecular weight is 450 g/mol. The second-order valence-electron chi connectivity index (χ2n) is 7.16. The summed E-state index contributed by atoms with van der Waals surface area (Å²) < 4.78 is 26.7. The van der Waals surface area contributed by atoms with Gasteiger partial charge in [-0.15, -0.1) is 11.3 Å². The molecule has 0 bridgehead atoms. The minimum Gasteiger partial charge on any atom is -0.354 e. The maximum absolute atomic E-state index is 12.9. The van der Waals surface area contributed by atoms with Crippen LogP contribution in [0.3, 0.4) is 0 Å². The molecule has 2 aliphatic rings. The summed E-state index contributed by atoms with van der Waals surface area (Å²) in [5.41, 5.74) is 0.452. The maximum Gasteiger partial charge on any atom is 0.253 e. The summed E-state index contributed by atoms with van der Waals surface area (Å²) in [6, 6.07) is 5.97. The Labute approximate surface area is 179 Å². The molecule has 1 aromatic heterocycles. The Kier molecular flexibility index (Phi) is 6.02. The van der Waals surface area contributed by atoms with E-state index in [-0.39, 0.29) is 29.8 Å². The van der Waals surface area contributed by atoms with Gasteiger partial charge in [0.2, 0.25) is 15.9 Å². The number of hydrogen-bond donors (Lipinski definition) is 1. The summed E-state index contributed by atoms with van der Waals surface area (Å²) in [5.74, 6) is -0.429. The van der Waals surface area contributed by atoms with Crippen LogP contribution in [0.4, 0.5) is 5.13 Å². The zero-order valence-corrected chi connectivity index (χ0v) is 18.0. The summed E-state index contributed by atoms with van der Waals surface area (Å²) in [7, 11) is -3.77. The number of piperazine rings is 1. The van der Waals surface area contributed by atoms with E-state index in [9.17, 15) is 18.0 Å². The number of hydrogen-bond acceptors (Lipinski definition) is 7. The van der Waals surface area contributed by atoms with E-state index >= 15 is 0 Å². The number of carbonyl (C=O) groups is 2. The summed E-state index contributed by atoms with van der Waals surface area (Å²) in [5, 5.41) is 5.51. The van der Waals surface area contributed by atoms with Gasteiger partial charge < -0.3 is 15.1 Å². The third-order valence-electron chi connectivity index (χ3n) is 5.22. The van der Waals surface area contributed by atoms with Crippen LogP contribution in [0.5, 0.6) is 0 Å². The molecule has 2 amide bonds. The van der Waals surface area contributed by atoms with Crippen molar-refractivity contribution in [3.63, 3.8) is 0 Å². The van der Waals surface area contributed by atoms with Crippen molar-refractivity contribution in [2.75, 3.05) is 50.7 Å². The average Bonchev–Trinajstić information content (AvgIpc) is 3.18. The summed E-state index contributed by atoms with van der Waals surface area (Å²) >= 11 is 1.59. The fraction of sp³-hybridized carbons (Fsp3) is 0.421. The van der Waals surface area contributed by atoms with Crippen molar-refractivity contribution in [3.8, 4) is 0 Å². The molecule has 2 saturated heterocycles. The second-order valence-corrected chi connectivity index (χ2v) is 9.97. The van der Waals surface area contributed by atoms with Crippen LogP contribution in [0.15, 0.2) is 40.7 Å². The van der Waals surface area contributed by atoms with Crippen molar-refractivity contribution in [1.82, 2.24) is 19.5 Å². The number of nitrogens with one attached hydrogen (secondary N) is 1. The van der Waals surface area contributed by atoms with Crippen LogP contribution in [0.2, 0.25) is 0 Å². The van der Waals surface area contributed by atoms with E-state index in [0.717, 1.165) is 22.4 Å². The van der Waals surface area contributed by atoms with Crippen molar-refractivity contribution in [2.45, 2.75) is 11.3 Å². The van der Waals surface area contributed by atoms with Gasteiger partial charge in [0.1, 0.15) is 0 Å². The first kappa shape index (κ1) is 20.8. The van der Waals surface area contributed by atoms with Crippen molar-refractivity contribution in [3.05, 3.63) is 41.4 Å². The van der Waals surface area contributed by atoms with Gasteiger partial charge in [0.25, 0.3) is 5.91 Å². The molecule has 2 aliphatic heterocycles. The number of thiazole rings is 1. The molecule has 0 unspecified atom stereocenters. The molecule has 0 aliphatic carbocycles. The Balaban J connectivity index is 1.43. The molecule has 9 nitrogen and oxygen atoms in total. The lowest BCUT2D eigenvalue weighted by Crippen LogP contribution is -2.49. The molecule has 0 spiro atoms. The molecular weight excluding hydrogens is 426 g/mol. The van der Waals surface area contributed by atoms with Crippen LogP contribution >= 0.6 is 11.3 Å². The van der Waals surface area contributed by atoms with Crippen molar-refractivity contribution >= 4 is 38.3 Å². The summed E-state index contributed by atoms with van der Waals surface area (Å²) in [6.07, 6.45) is 2.62. The van der Waals surface area contributed by atoms with Crippen molar-refractivity contribution < 1.29 is 18.0 Å². The quantitative estimate of drug-likeness (QED) is 0.734. The van der Waals surface area contributed by atoms with Gasteiger partial charge in [-0.2, -0.15) is 4.31 Å². The first-order chi connectivity index (χ1) is 14.4. The summed E-state index contributed by atoms with van der Waals surface area (Å²) in [4.78, 5) is 32.9. The molecule has 2 fully saturated rings. The zero-order valence-electron chi connectivity index (χ0n) is 16.4. The lowest BCUT2D eigenvalue weighted by molar-refractivity contribution is -0.122. The normalized spacial score (nSPS) is 18.7. The Hall–Kier alpha value is -2.50. The van der Waals surface area contributed by atoms with Crippen LogP contribution in [0.25, 0.3) is 0 Å². The van der Waals surface area contributed by atoms with Gasteiger partial charge in [0.15, 0.2) is 5.13 Å². The van der Waals surface area contributed by atoms with Gasteiger partial charge in [-0.3, -0.25) is 9.59 Å². The van der Waals surface area contributed by atoms with Crippen molar-refractivity contribution in [1.29, 1.82) is 0 Å². The van der Waals surface area contributed by atoms with Crippen LogP contribution in [0.1, 0.15) is 16.8 Å². The number of benzene rings is 1. The number of amides is 2. The lowest BCUT2D eigenvalue weighted by Gasteiger charge is -2.26. The number of nitrogens with zero attached hydrogens (tertiary/aromatic N) is 4. The van der Waals surface area contributed by atoms with E-state index < -0.39 is 10.0 Å². The minimum absolute atomic E-state index is 0.0829. The Morgan fingerprint density at radius 1 is 1.07 bits per heavy atom. The molecule has 30 heavy (non-hydrogen) atoms. The first-order valence-electron chi connectivity index (χ1n) is 9.76. The van der Waals surface area contributed by atoms with E-state index in [1.54, 1.807) is 34.6 Å². The molecule has 160 valence electrons. The Bertz CT molecular complexity index is 1010. The highest BCUT2D eigenvalue weighted by Crippen LogP contribution is 2.21. The number of carbonyl (C=O) groups excluding carboxylic acids is 2. The molecule has 1 aromatic carbocycles. The number of rotatable bonds is 4. The largest absolute Gasteiger partial charge is 0.354 e. The highest BCUT2D eigenvalue weighted by atomic mass is 32.2. The predicted octanol–water partition coefficient (Wildman–Crippen LogP) is 0.616.